The summed E-state index contributed by atoms with van der Waals surface area (Å²) in [7, 11) is 0. The van der Waals surface area contributed by atoms with E-state index in [1.807, 2.05) is 13.8 Å². The molecule has 0 aliphatic rings. The molecular formula is C10H15NO3. The van der Waals surface area contributed by atoms with Crippen LogP contribution in [-0.2, 0) is 0 Å². The molecule has 0 spiro atoms. The lowest BCUT2D eigenvalue weighted by Crippen LogP contribution is -2.01. The van der Waals surface area contributed by atoms with Crippen LogP contribution in [0.3, 0.4) is 0 Å². The van der Waals surface area contributed by atoms with Crippen molar-refractivity contribution in [1.29, 1.82) is 0 Å². The maximum atomic E-state index is 11.5. The third-order valence-electron chi connectivity index (χ3n) is 2.18. The minimum atomic E-state index is -0.238. The van der Waals surface area contributed by atoms with Gasteiger partial charge >= 0.3 is 0 Å². The first-order chi connectivity index (χ1) is 6.49. The van der Waals surface area contributed by atoms with Gasteiger partial charge in [0.05, 0.1) is 5.56 Å². The molecule has 0 bridgehead atoms. The van der Waals surface area contributed by atoms with E-state index < -0.39 is 0 Å². The van der Waals surface area contributed by atoms with Gasteiger partial charge in [0, 0.05) is 12.0 Å². The van der Waals surface area contributed by atoms with Crippen LogP contribution in [0.1, 0.15) is 49.0 Å². The van der Waals surface area contributed by atoms with Crippen molar-refractivity contribution in [1.82, 2.24) is 4.98 Å². The Bertz CT molecular complexity index is 352. The Labute approximate surface area is 82.6 Å². The fourth-order valence-corrected chi connectivity index (χ4v) is 1.51. The van der Waals surface area contributed by atoms with E-state index in [9.17, 15) is 15.0 Å². The maximum Gasteiger partial charge on any atom is 0.202 e. The third-order valence-corrected chi connectivity index (χ3v) is 2.18. The number of aromatic amines is 1. The predicted molar refractivity (Wildman–Crippen MR) is 52.8 cm³/mol. The summed E-state index contributed by atoms with van der Waals surface area (Å²) in [5.41, 5.74) is 0.717. The van der Waals surface area contributed by atoms with Crippen LogP contribution in [0, 0.1) is 0 Å². The van der Waals surface area contributed by atoms with E-state index in [2.05, 4.69) is 4.98 Å². The van der Waals surface area contributed by atoms with Crippen molar-refractivity contribution in [2.45, 2.75) is 33.1 Å². The molecular weight excluding hydrogens is 182 g/mol. The molecule has 1 heterocycles. The molecule has 0 unspecified atom stereocenters. The van der Waals surface area contributed by atoms with Gasteiger partial charge in [-0.1, -0.05) is 20.8 Å². The Hall–Kier alpha value is -1.45. The van der Waals surface area contributed by atoms with Crippen molar-refractivity contribution < 1.29 is 15.0 Å². The largest absolute Gasteiger partial charge is 0.494 e. The lowest BCUT2D eigenvalue weighted by atomic mass is 9.98. The highest BCUT2D eigenvalue weighted by Gasteiger charge is 2.23. The summed E-state index contributed by atoms with van der Waals surface area (Å²) in [4.78, 5) is 13.8. The fourth-order valence-electron chi connectivity index (χ4n) is 1.51. The molecule has 0 amide bonds. The first kappa shape index (κ1) is 10.6. The molecule has 1 aromatic rings. The van der Waals surface area contributed by atoms with Gasteiger partial charge in [-0.05, 0) is 5.92 Å². The third kappa shape index (κ3) is 1.60. The Balaban J connectivity index is 3.32. The number of aromatic nitrogens is 1. The lowest BCUT2D eigenvalue weighted by Gasteiger charge is -2.05. The van der Waals surface area contributed by atoms with E-state index in [0.29, 0.717) is 12.0 Å². The quantitative estimate of drug-likeness (QED) is 0.650. The molecule has 0 saturated heterocycles. The zero-order valence-electron chi connectivity index (χ0n) is 8.59. The molecule has 1 rings (SSSR count). The molecule has 78 valence electrons. The van der Waals surface area contributed by atoms with Gasteiger partial charge in [-0.15, -0.1) is 0 Å². The van der Waals surface area contributed by atoms with Crippen LogP contribution in [0.25, 0.3) is 0 Å². The summed E-state index contributed by atoms with van der Waals surface area (Å²) in [6.45, 7) is 5.43. The SMILES string of the molecule is CCC(=O)c1c(O)[nH]c(O)c1C(C)C. The standard InChI is InChI=1S/C10H15NO3/c1-4-6(12)8-7(5(2)3)9(13)11-10(8)14/h5,11,13-14H,4H2,1-3H3. The van der Waals surface area contributed by atoms with Crippen molar-refractivity contribution in [3.63, 3.8) is 0 Å². The van der Waals surface area contributed by atoms with Crippen molar-refractivity contribution in [3.8, 4) is 11.8 Å². The summed E-state index contributed by atoms with van der Waals surface area (Å²) < 4.78 is 0. The number of carbonyl (C=O) groups is 1. The van der Waals surface area contributed by atoms with E-state index >= 15 is 0 Å². The van der Waals surface area contributed by atoms with E-state index in [4.69, 9.17) is 0 Å². The zero-order valence-corrected chi connectivity index (χ0v) is 8.59. The van der Waals surface area contributed by atoms with Gasteiger partial charge in [-0.2, -0.15) is 0 Å². The Morgan fingerprint density at radius 3 is 2.36 bits per heavy atom. The molecule has 0 radical (unpaired) electrons. The highest BCUT2D eigenvalue weighted by atomic mass is 16.3. The van der Waals surface area contributed by atoms with Gasteiger partial charge < -0.3 is 10.2 Å². The van der Waals surface area contributed by atoms with E-state index in [1.54, 1.807) is 6.92 Å². The smallest absolute Gasteiger partial charge is 0.202 e. The van der Waals surface area contributed by atoms with Gasteiger partial charge in [0.25, 0.3) is 0 Å². The molecule has 14 heavy (non-hydrogen) atoms. The molecule has 0 aliphatic heterocycles. The van der Waals surface area contributed by atoms with Crippen LogP contribution in [0.15, 0.2) is 0 Å². The van der Waals surface area contributed by atoms with E-state index in [0.717, 1.165) is 0 Å². The first-order valence-corrected chi connectivity index (χ1v) is 4.66. The van der Waals surface area contributed by atoms with Crippen LogP contribution >= 0.6 is 0 Å². The number of carbonyl (C=O) groups excluding carboxylic acids is 1. The second kappa shape index (κ2) is 3.74. The molecule has 4 nitrogen and oxygen atoms in total. The van der Waals surface area contributed by atoms with Gasteiger partial charge in [-0.25, -0.2) is 0 Å². The van der Waals surface area contributed by atoms with Crippen LogP contribution < -0.4 is 0 Å². The monoisotopic (exact) mass is 197 g/mol. The number of hydrogen-bond donors (Lipinski definition) is 3. The number of nitrogens with one attached hydrogen (secondary N) is 1. The Kier molecular flexibility index (Phi) is 2.84. The Morgan fingerprint density at radius 2 is 1.93 bits per heavy atom. The van der Waals surface area contributed by atoms with Crippen molar-refractivity contribution in [2.75, 3.05) is 0 Å². The summed E-state index contributed by atoms with van der Waals surface area (Å²) in [6, 6.07) is 0. The minimum Gasteiger partial charge on any atom is -0.494 e. The van der Waals surface area contributed by atoms with Crippen LogP contribution in [0.4, 0.5) is 0 Å². The van der Waals surface area contributed by atoms with Gasteiger partial charge in [0.1, 0.15) is 0 Å². The normalized spacial score (nSPS) is 10.9. The average Bonchev–Trinajstić information content (AvgIpc) is 2.39. The summed E-state index contributed by atoms with van der Waals surface area (Å²) in [5, 5.41) is 18.9. The number of H-pyrrole nitrogens is 1. The number of aromatic hydroxyl groups is 2. The molecule has 0 saturated carbocycles. The topological polar surface area (TPSA) is 73.3 Å². The number of hydrogen-bond acceptors (Lipinski definition) is 3. The number of rotatable bonds is 3. The van der Waals surface area contributed by atoms with Gasteiger partial charge in [0.2, 0.25) is 5.88 Å². The molecule has 0 fully saturated rings. The second-order valence-corrected chi connectivity index (χ2v) is 3.54. The van der Waals surface area contributed by atoms with Gasteiger partial charge in [-0.3, -0.25) is 9.78 Å². The lowest BCUT2D eigenvalue weighted by molar-refractivity contribution is 0.0984. The first-order valence-electron chi connectivity index (χ1n) is 4.66. The maximum absolute atomic E-state index is 11.5. The minimum absolute atomic E-state index is 0.00218. The van der Waals surface area contributed by atoms with Gasteiger partial charge in [0.15, 0.2) is 11.7 Å². The van der Waals surface area contributed by atoms with Crippen molar-refractivity contribution >= 4 is 5.78 Å². The van der Waals surface area contributed by atoms with E-state index in [1.165, 1.54) is 0 Å². The average molecular weight is 197 g/mol. The number of ketones is 1. The van der Waals surface area contributed by atoms with Crippen LogP contribution in [-0.4, -0.2) is 21.0 Å². The highest BCUT2D eigenvalue weighted by molar-refractivity contribution is 6.00. The van der Waals surface area contributed by atoms with Crippen molar-refractivity contribution in [2.24, 2.45) is 0 Å². The summed E-state index contributed by atoms with van der Waals surface area (Å²) in [5.74, 6) is -0.521. The summed E-state index contributed by atoms with van der Waals surface area (Å²) in [6.07, 6.45) is 0.310. The highest BCUT2D eigenvalue weighted by Crippen LogP contribution is 2.35. The fraction of sp³-hybridized carbons (Fsp3) is 0.500. The zero-order chi connectivity index (χ0) is 10.9. The van der Waals surface area contributed by atoms with E-state index in [-0.39, 0.29) is 29.0 Å². The molecule has 0 aromatic carbocycles. The molecule has 0 atom stereocenters. The molecule has 3 N–H and O–H groups in total. The Morgan fingerprint density at radius 1 is 1.36 bits per heavy atom. The predicted octanol–water partition coefficient (Wildman–Crippen LogP) is 2.14. The molecule has 1 aromatic heterocycles. The van der Waals surface area contributed by atoms with Crippen LogP contribution in [0.2, 0.25) is 0 Å². The van der Waals surface area contributed by atoms with Crippen LogP contribution in [0.5, 0.6) is 11.8 Å². The number of Topliss-reactive ketones (excluding diaryl/α,β-unsaturated/α-hetero) is 1. The molecule has 0 aliphatic carbocycles. The molecule has 4 heteroatoms. The second-order valence-electron chi connectivity index (χ2n) is 3.54. The summed E-state index contributed by atoms with van der Waals surface area (Å²) >= 11 is 0. The van der Waals surface area contributed by atoms with Crippen molar-refractivity contribution in [3.05, 3.63) is 11.1 Å².